The minimum absolute atomic E-state index is 0.103. The van der Waals surface area contributed by atoms with Gasteiger partial charge < -0.3 is 16.0 Å². The fourth-order valence-corrected chi connectivity index (χ4v) is 3.56. The summed E-state index contributed by atoms with van der Waals surface area (Å²) in [4.78, 5) is 25.3. The second-order valence-electron chi connectivity index (χ2n) is 9.05. The van der Waals surface area contributed by atoms with Gasteiger partial charge in [-0.2, -0.15) is 0 Å². The van der Waals surface area contributed by atoms with Crippen molar-refractivity contribution in [1.29, 1.82) is 0 Å². The van der Waals surface area contributed by atoms with E-state index in [0.29, 0.717) is 37.9 Å². The third kappa shape index (κ3) is 9.52. The van der Waals surface area contributed by atoms with Crippen molar-refractivity contribution in [2.24, 2.45) is 5.92 Å². The van der Waals surface area contributed by atoms with Crippen LogP contribution in [0.25, 0.3) is 10.8 Å². The van der Waals surface area contributed by atoms with E-state index in [-0.39, 0.29) is 11.8 Å². The summed E-state index contributed by atoms with van der Waals surface area (Å²) in [6, 6.07) is 14.1. The molecule has 2 rings (SSSR count). The Morgan fingerprint density at radius 2 is 1.65 bits per heavy atom. The standard InChI is InChI=1S/C26H39N3O2/c1-19(2)9-7-8-15-28-26(31)24(29-25(30)14-16-27-20(3)4)18-21-12-13-22-10-5-6-11-23(22)17-21/h5-6,10-13,17,19-20,24,27H,7-9,14-16,18H2,1-4H3,(H,28,31)(H,29,30)/t24-/m0/s1. The lowest BCUT2D eigenvalue weighted by Gasteiger charge is -2.19. The summed E-state index contributed by atoms with van der Waals surface area (Å²) in [5.41, 5.74) is 1.04. The lowest BCUT2D eigenvalue weighted by molar-refractivity contribution is -0.129. The largest absolute Gasteiger partial charge is 0.354 e. The van der Waals surface area contributed by atoms with Gasteiger partial charge in [0.25, 0.3) is 0 Å². The first-order chi connectivity index (χ1) is 14.8. The molecule has 0 radical (unpaired) electrons. The second kappa shape index (κ2) is 13.1. The Bertz CT molecular complexity index is 832. The molecule has 0 aromatic heterocycles. The number of carbonyl (C=O) groups excluding carboxylic acids is 2. The van der Waals surface area contributed by atoms with E-state index in [2.05, 4.69) is 54.1 Å². The molecule has 0 bridgehead atoms. The molecule has 0 saturated heterocycles. The normalized spacial score (nSPS) is 12.3. The van der Waals surface area contributed by atoms with E-state index in [1.165, 1.54) is 5.39 Å². The number of rotatable bonds is 13. The average molecular weight is 426 g/mol. The minimum atomic E-state index is -0.571. The molecule has 31 heavy (non-hydrogen) atoms. The van der Waals surface area contributed by atoms with Crippen LogP contribution < -0.4 is 16.0 Å². The van der Waals surface area contributed by atoms with Gasteiger partial charge in [0.1, 0.15) is 6.04 Å². The highest BCUT2D eigenvalue weighted by Gasteiger charge is 2.21. The van der Waals surface area contributed by atoms with E-state index >= 15 is 0 Å². The van der Waals surface area contributed by atoms with Crippen LogP contribution in [0.15, 0.2) is 42.5 Å². The minimum Gasteiger partial charge on any atom is -0.354 e. The van der Waals surface area contributed by atoms with Crippen molar-refractivity contribution in [3.05, 3.63) is 48.0 Å². The van der Waals surface area contributed by atoms with Crippen LogP contribution in [0.5, 0.6) is 0 Å². The lowest BCUT2D eigenvalue weighted by atomic mass is 10.0. The average Bonchev–Trinajstić information content (AvgIpc) is 2.72. The van der Waals surface area contributed by atoms with Gasteiger partial charge in [0.05, 0.1) is 0 Å². The monoisotopic (exact) mass is 425 g/mol. The summed E-state index contributed by atoms with van der Waals surface area (Å²) < 4.78 is 0. The van der Waals surface area contributed by atoms with Crippen molar-refractivity contribution >= 4 is 22.6 Å². The summed E-state index contributed by atoms with van der Waals surface area (Å²) in [5.74, 6) is 0.465. The molecule has 0 aliphatic carbocycles. The number of hydrogen-bond acceptors (Lipinski definition) is 3. The van der Waals surface area contributed by atoms with Gasteiger partial charge in [0.2, 0.25) is 11.8 Å². The number of hydrogen-bond donors (Lipinski definition) is 3. The zero-order valence-electron chi connectivity index (χ0n) is 19.5. The molecule has 0 aliphatic heterocycles. The van der Waals surface area contributed by atoms with Crippen molar-refractivity contribution in [3.8, 4) is 0 Å². The van der Waals surface area contributed by atoms with E-state index in [9.17, 15) is 9.59 Å². The molecule has 5 nitrogen and oxygen atoms in total. The number of unbranched alkanes of at least 4 members (excludes halogenated alkanes) is 1. The summed E-state index contributed by atoms with van der Waals surface area (Å²) in [6.45, 7) is 9.76. The topological polar surface area (TPSA) is 70.2 Å². The van der Waals surface area contributed by atoms with Crippen molar-refractivity contribution < 1.29 is 9.59 Å². The van der Waals surface area contributed by atoms with E-state index in [0.717, 1.165) is 30.2 Å². The summed E-state index contributed by atoms with van der Waals surface area (Å²) in [5, 5.41) is 11.5. The number of nitrogens with one attached hydrogen (secondary N) is 3. The van der Waals surface area contributed by atoms with Crippen molar-refractivity contribution in [2.75, 3.05) is 13.1 Å². The quantitative estimate of drug-likeness (QED) is 0.421. The first kappa shape index (κ1) is 24.9. The zero-order chi connectivity index (χ0) is 22.6. The Morgan fingerprint density at radius 3 is 2.35 bits per heavy atom. The van der Waals surface area contributed by atoms with Crippen molar-refractivity contribution in [1.82, 2.24) is 16.0 Å². The van der Waals surface area contributed by atoms with Gasteiger partial charge in [-0.15, -0.1) is 0 Å². The zero-order valence-corrected chi connectivity index (χ0v) is 19.5. The molecule has 0 saturated carbocycles. The van der Waals surface area contributed by atoms with E-state index in [1.54, 1.807) is 0 Å². The van der Waals surface area contributed by atoms with Crippen LogP contribution in [0, 0.1) is 5.92 Å². The molecule has 3 N–H and O–H groups in total. The second-order valence-corrected chi connectivity index (χ2v) is 9.05. The molecule has 0 heterocycles. The highest BCUT2D eigenvalue weighted by Crippen LogP contribution is 2.17. The maximum absolute atomic E-state index is 12.9. The van der Waals surface area contributed by atoms with Crippen LogP contribution in [-0.2, 0) is 16.0 Å². The third-order valence-corrected chi connectivity index (χ3v) is 5.32. The lowest BCUT2D eigenvalue weighted by Crippen LogP contribution is -2.48. The Morgan fingerprint density at radius 1 is 0.903 bits per heavy atom. The van der Waals surface area contributed by atoms with Crippen LogP contribution in [0.2, 0.25) is 0 Å². The molecule has 1 atom stereocenters. The molecule has 170 valence electrons. The van der Waals surface area contributed by atoms with E-state index in [1.807, 2.05) is 32.0 Å². The molecule has 0 unspecified atom stereocenters. The molecule has 5 heteroatoms. The Hall–Kier alpha value is -2.40. The summed E-state index contributed by atoms with van der Waals surface area (Å²) in [6.07, 6.45) is 4.05. The van der Waals surface area contributed by atoms with Crippen molar-refractivity contribution in [3.63, 3.8) is 0 Å². The number of benzene rings is 2. The van der Waals surface area contributed by atoms with Crippen LogP contribution >= 0.6 is 0 Å². The van der Waals surface area contributed by atoms with Gasteiger partial charge in [0.15, 0.2) is 0 Å². The predicted octanol–water partition coefficient (Wildman–Crippen LogP) is 4.20. The maximum Gasteiger partial charge on any atom is 0.242 e. The Kier molecular flexibility index (Phi) is 10.5. The van der Waals surface area contributed by atoms with Gasteiger partial charge >= 0.3 is 0 Å². The van der Waals surface area contributed by atoms with Gasteiger partial charge in [0, 0.05) is 32.0 Å². The predicted molar refractivity (Wildman–Crippen MR) is 129 cm³/mol. The van der Waals surface area contributed by atoms with E-state index < -0.39 is 6.04 Å². The molecule has 0 fully saturated rings. The highest BCUT2D eigenvalue weighted by atomic mass is 16.2. The van der Waals surface area contributed by atoms with Gasteiger partial charge in [-0.05, 0) is 28.7 Å². The maximum atomic E-state index is 12.9. The molecule has 0 aliphatic rings. The molecular formula is C26H39N3O2. The number of amides is 2. The molecule has 0 spiro atoms. The Balaban J connectivity index is 1.99. The molecule has 2 aromatic carbocycles. The van der Waals surface area contributed by atoms with Gasteiger partial charge in [-0.3, -0.25) is 9.59 Å². The van der Waals surface area contributed by atoms with Crippen LogP contribution in [-0.4, -0.2) is 37.0 Å². The van der Waals surface area contributed by atoms with Gasteiger partial charge in [-0.25, -0.2) is 0 Å². The summed E-state index contributed by atoms with van der Waals surface area (Å²) >= 11 is 0. The Labute approximate surface area is 187 Å². The van der Waals surface area contributed by atoms with Crippen LogP contribution in [0.3, 0.4) is 0 Å². The number of fused-ring (bicyclic) bond motifs is 1. The first-order valence-corrected chi connectivity index (χ1v) is 11.6. The SMILES string of the molecule is CC(C)CCCCNC(=O)[C@H](Cc1ccc2ccccc2c1)NC(=O)CCNC(C)C. The summed E-state index contributed by atoms with van der Waals surface area (Å²) in [7, 11) is 0. The fourth-order valence-electron chi connectivity index (χ4n) is 3.56. The van der Waals surface area contributed by atoms with Crippen LogP contribution in [0.1, 0.15) is 58.9 Å². The molecular weight excluding hydrogens is 386 g/mol. The number of carbonyl (C=O) groups is 2. The van der Waals surface area contributed by atoms with Crippen molar-refractivity contribution in [2.45, 2.75) is 71.9 Å². The fraction of sp³-hybridized carbons (Fsp3) is 0.538. The third-order valence-electron chi connectivity index (χ3n) is 5.32. The highest BCUT2D eigenvalue weighted by molar-refractivity contribution is 5.88. The first-order valence-electron chi connectivity index (χ1n) is 11.6. The van der Waals surface area contributed by atoms with Gasteiger partial charge in [-0.1, -0.05) is 83.0 Å². The van der Waals surface area contributed by atoms with E-state index in [4.69, 9.17) is 0 Å². The molecule has 2 aromatic rings. The van der Waals surface area contributed by atoms with Crippen LogP contribution in [0.4, 0.5) is 0 Å². The smallest absolute Gasteiger partial charge is 0.242 e. The molecule has 2 amide bonds.